The first-order chi connectivity index (χ1) is 8.32. The van der Waals surface area contributed by atoms with Gasteiger partial charge < -0.3 is 10.0 Å². The monoisotopic (exact) mass is 269 g/mol. The van der Waals surface area contributed by atoms with Gasteiger partial charge in [-0.3, -0.25) is 14.9 Å². The second kappa shape index (κ2) is 4.33. The van der Waals surface area contributed by atoms with E-state index in [1.165, 1.54) is 11.3 Å². The summed E-state index contributed by atoms with van der Waals surface area (Å²) in [6.45, 7) is 5.21. The lowest BCUT2D eigenvalue weighted by Crippen LogP contribution is -2.64. The first-order valence-corrected chi connectivity index (χ1v) is 6.39. The Morgan fingerprint density at radius 3 is 2.78 bits per heavy atom. The normalized spacial score (nSPS) is 20.8. The van der Waals surface area contributed by atoms with Crippen LogP contribution in [0.2, 0.25) is 0 Å². The standard InChI is InChI=1S/C11H15N3O3S/c1-6(15)7-4-12-10(18-7)14-5-8(16)13-9(17)11(14,2)3/h4,6,15H,5H2,1-3H3,(H,13,16,17). The maximum atomic E-state index is 11.8. The summed E-state index contributed by atoms with van der Waals surface area (Å²) < 4.78 is 0. The zero-order valence-corrected chi connectivity index (χ0v) is 11.2. The number of nitrogens with zero attached hydrogens (tertiary/aromatic N) is 2. The summed E-state index contributed by atoms with van der Waals surface area (Å²) in [6, 6.07) is 0. The molecule has 1 aliphatic heterocycles. The van der Waals surface area contributed by atoms with Crippen LogP contribution >= 0.6 is 11.3 Å². The summed E-state index contributed by atoms with van der Waals surface area (Å²) in [7, 11) is 0. The van der Waals surface area contributed by atoms with Crippen molar-refractivity contribution in [3.63, 3.8) is 0 Å². The van der Waals surface area contributed by atoms with Crippen molar-refractivity contribution in [2.75, 3.05) is 11.4 Å². The van der Waals surface area contributed by atoms with Crippen molar-refractivity contribution in [2.24, 2.45) is 0 Å². The summed E-state index contributed by atoms with van der Waals surface area (Å²) in [5.41, 5.74) is -0.832. The predicted octanol–water partition coefficient (Wildman–Crippen LogP) is 0.438. The number of hydrogen-bond acceptors (Lipinski definition) is 6. The number of nitrogens with one attached hydrogen (secondary N) is 1. The average molecular weight is 269 g/mol. The molecule has 18 heavy (non-hydrogen) atoms. The molecular formula is C11H15N3O3S. The maximum absolute atomic E-state index is 11.8. The van der Waals surface area contributed by atoms with Gasteiger partial charge in [-0.15, -0.1) is 0 Å². The number of rotatable bonds is 2. The fourth-order valence-electron chi connectivity index (χ4n) is 1.68. The number of imide groups is 1. The van der Waals surface area contributed by atoms with Gasteiger partial charge in [-0.2, -0.15) is 0 Å². The number of aliphatic hydroxyl groups is 1. The van der Waals surface area contributed by atoms with Crippen molar-refractivity contribution in [3.8, 4) is 0 Å². The first-order valence-electron chi connectivity index (χ1n) is 5.58. The van der Waals surface area contributed by atoms with Gasteiger partial charge in [0.1, 0.15) is 12.1 Å². The smallest absolute Gasteiger partial charge is 0.251 e. The summed E-state index contributed by atoms with van der Waals surface area (Å²) in [6.07, 6.45) is 0.964. The van der Waals surface area contributed by atoms with Crippen molar-refractivity contribution in [1.82, 2.24) is 10.3 Å². The van der Waals surface area contributed by atoms with Gasteiger partial charge in [0, 0.05) is 6.20 Å². The Balaban J connectivity index is 2.34. The number of piperazine rings is 1. The molecule has 2 N–H and O–H groups in total. The fourth-order valence-corrected chi connectivity index (χ4v) is 2.68. The number of carbonyl (C=O) groups is 2. The van der Waals surface area contributed by atoms with Gasteiger partial charge in [0.15, 0.2) is 5.13 Å². The number of thiazole rings is 1. The van der Waals surface area contributed by atoms with Crippen molar-refractivity contribution >= 4 is 28.3 Å². The van der Waals surface area contributed by atoms with Crippen LogP contribution in [-0.4, -0.2) is 34.0 Å². The van der Waals surface area contributed by atoms with Crippen LogP contribution in [0.15, 0.2) is 6.20 Å². The number of carbonyl (C=O) groups excluding carboxylic acids is 2. The minimum absolute atomic E-state index is 0.0888. The molecule has 1 aliphatic rings. The van der Waals surface area contributed by atoms with Crippen molar-refractivity contribution in [3.05, 3.63) is 11.1 Å². The molecule has 0 bridgehead atoms. The molecule has 1 fully saturated rings. The minimum Gasteiger partial charge on any atom is -0.388 e. The fraction of sp³-hybridized carbons (Fsp3) is 0.545. The zero-order chi connectivity index (χ0) is 13.5. The third-order valence-corrected chi connectivity index (χ3v) is 4.13. The number of aliphatic hydroxyl groups excluding tert-OH is 1. The summed E-state index contributed by atoms with van der Waals surface area (Å²) >= 11 is 1.29. The molecule has 1 saturated heterocycles. The van der Waals surface area contributed by atoms with Crippen molar-refractivity contribution in [2.45, 2.75) is 32.4 Å². The van der Waals surface area contributed by atoms with E-state index in [1.54, 1.807) is 31.9 Å². The van der Waals surface area contributed by atoms with E-state index in [9.17, 15) is 14.7 Å². The summed E-state index contributed by atoms with van der Waals surface area (Å²) in [4.78, 5) is 29.8. The molecule has 0 aliphatic carbocycles. The molecule has 0 saturated carbocycles. The molecule has 2 heterocycles. The molecule has 7 heteroatoms. The van der Waals surface area contributed by atoms with E-state index in [-0.39, 0.29) is 18.4 Å². The third kappa shape index (κ3) is 2.11. The SMILES string of the molecule is CC(O)c1cnc(N2CC(=O)NC(=O)C2(C)C)s1. The maximum Gasteiger partial charge on any atom is 0.251 e. The molecule has 98 valence electrons. The first kappa shape index (κ1) is 13.0. The molecular weight excluding hydrogens is 254 g/mol. The van der Waals surface area contributed by atoms with E-state index in [0.717, 1.165) is 0 Å². The van der Waals surface area contributed by atoms with Crippen molar-refractivity contribution in [1.29, 1.82) is 0 Å². The van der Waals surface area contributed by atoms with Gasteiger partial charge in [0.2, 0.25) is 5.91 Å². The van der Waals surface area contributed by atoms with E-state index < -0.39 is 11.6 Å². The van der Waals surface area contributed by atoms with Crippen LogP contribution in [0.3, 0.4) is 0 Å². The lowest BCUT2D eigenvalue weighted by molar-refractivity contribution is -0.135. The van der Waals surface area contributed by atoms with E-state index >= 15 is 0 Å². The second-order valence-electron chi connectivity index (χ2n) is 4.74. The Morgan fingerprint density at radius 1 is 1.56 bits per heavy atom. The summed E-state index contributed by atoms with van der Waals surface area (Å²) in [5, 5.41) is 12.4. The number of aromatic nitrogens is 1. The molecule has 1 unspecified atom stereocenters. The van der Waals surface area contributed by atoms with Gasteiger partial charge in [-0.25, -0.2) is 4.98 Å². The molecule has 0 spiro atoms. The van der Waals surface area contributed by atoms with Crippen LogP contribution in [0.5, 0.6) is 0 Å². The molecule has 2 rings (SSSR count). The zero-order valence-electron chi connectivity index (χ0n) is 10.4. The van der Waals surface area contributed by atoms with Gasteiger partial charge in [-0.1, -0.05) is 11.3 Å². The van der Waals surface area contributed by atoms with Crippen molar-refractivity contribution < 1.29 is 14.7 Å². The molecule has 1 aromatic heterocycles. The Bertz CT molecular complexity index is 495. The number of anilines is 1. The van der Waals surface area contributed by atoms with Crippen LogP contribution in [0, 0.1) is 0 Å². The van der Waals surface area contributed by atoms with E-state index in [2.05, 4.69) is 10.3 Å². The van der Waals surface area contributed by atoms with E-state index in [1.807, 2.05) is 0 Å². The quantitative estimate of drug-likeness (QED) is 0.761. The van der Waals surface area contributed by atoms with Crippen LogP contribution < -0.4 is 10.2 Å². The van der Waals surface area contributed by atoms with Crippen LogP contribution in [0.25, 0.3) is 0 Å². The number of hydrogen-bond donors (Lipinski definition) is 2. The molecule has 1 atom stereocenters. The lowest BCUT2D eigenvalue weighted by atomic mass is 10.00. The highest BCUT2D eigenvalue weighted by Crippen LogP contribution is 2.32. The molecule has 0 radical (unpaired) electrons. The van der Waals surface area contributed by atoms with E-state index in [0.29, 0.717) is 10.0 Å². The Kier molecular flexibility index (Phi) is 3.12. The molecule has 2 amide bonds. The highest BCUT2D eigenvalue weighted by Gasteiger charge is 2.42. The van der Waals surface area contributed by atoms with Gasteiger partial charge in [-0.05, 0) is 20.8 Å². The molecule has 0 aromatic carbocycles. The largest absolute Gasteiger partial charge is 0.388 e. The van der Waals surface area contributed by atoms with Gasteiger partial charge in [0.05, 0.1) is 11.0 Å². The molecule has 1 aromatic rings. The third-order valence-electron chi connectivity index (χ3n) is 2.94. The highest BCUT2D eigenvalue weighted by atomic mass is 32.1. The minimum atomic E-state index is -0.832. The Labute approximate surface area is 109 Å². The molecule has 6 nitrogen and oxygen atoms in total. The topological polar surface area (TPSA) is 82.5 Å². The second-order valence-corrected chi connectivity index (χ2v) is 5.78. The van der Waals surface area contributed by atoms with E-state index in [4.69, 9.17) is 0 Å². The average Bonchev–Trinajstić information content (AvgIpc) is 2.72. The van der Waals surface area contributed by atoms with Gasteiger partial charge >= 0.3 is 0 Å². The Hall–Kier alpha value is -1.47. The van der Waals surface area contributed by atoms with Gasteiger partial charge in [0.25, 0.3) is 5.91 Å². The summed E-state index contributed by atoms with van der Waals surface area (Å²) in [5.74, 6) is -0.680. The van der Waals surface area contributed by atoms with Crippen LogP contribution in [-0.2, 0) is 9.59 Å². The lowest BCUT2D eigenvalue weighted by Gasteiger charge is -2.39. The highest BCUT2D eigenvalue weighted by molar-refractivity contribution is 7.15. The Morgan fingerprint density at radius 2 is 2.22 bits per heavy atom. The van der Waals surface area contributed by atoms with Crippen LogP contribution in [0.1, 0.15) is 31.8 Å². The number of amides is 2. The van der Waals surface area contributed by atoms with Crippen LogP contribution in [0.4, 0.5) is 5.13 Å². The predicted molar refractivity (Wildman–Crippen MR) is 67.3 cm³/mol.